The normalized spacial score (nSPS) is 26.3. The maximum absolute atomic E-state index is 12.8. The first-order valence-corrected chi connectivity index (χ1v) is 7.89. The molecule has 1 N–H and O–H groups in total. The molecule has 22 heavy (non-hydrogen) atoms. The topological polar surface area (TPSA) is 78.5 Å². The average Bonchev–Trinajstić information content (AvgIpc) is 3.04. The molecule has 2 fully saturated rings. The van der Waals surface area contributed by atoms with E-state index in [1.54, 1.807) is 6.07 Å². The van der Waals surface area contributed by atoms with Crippen LogP contribution in [0.25, 0.3) is 0 Å². The smallest absolute Gasteiger partial charge is 0.264 e. The van der Waals surface area contributed by atoms with Crippen LogP contribution < -0.4 is 5.56 Å². The van der Waals surface area contributed by atoms with Gasteiger partial charge >= 0.3 is 0 Å². The maximum atomic E-state index is 12.8. The van der Waals surface area contributed by atoms with Crippen LogP contribution in [0.4, 0.5) is 0 Å². The van der Waals surface area contributed by atoms with Gasteiger partial charge in [0.1, 0.15) is 6.10 Å². The van der Waals surface area contributed by atoms with Crippen LogP contribution in [-0.2, 0) is 9.53 Å². The number of amides is 1. The Morgan fingerprint density at radius 1 is 1.45 bits per heavy atom. The fourth-order valence-corrected chi connectivity index (χ4v) is 3.20. The summed E-state index contributed by atoms with van der Waals surface area (Å²) in [5.74, 6) is 0.0358. The van der Waals surface area contributed by atoms with Crippen molar-refractivity contribution in [1.29, 1.82) is 0 Å². The van der Waals surface area contributed by atoms with Gasteiger partial charge in [0.25, 0.3) is 11.5 Å². The highest BCUT2D eigenvalue weighted by Gasteiger charge is 2.37. The summed E-state index contributed by atoms with van der Waals surface area (Å²) in [6.07, 6.45) is 1.42. The van der Waals surface area contributed by atoms with Gasteiger partial charge in [-0.25, -0.2) is 5.10 Å². The van der Waals surface area contributed by atoms with Crippen LogP contribution in [0.15, 0.2) is 16.9 Å². The number of morpholine rings is 1. The molecule has 7 nitrogen and oxygen atoms in total. The predicted molar refractivity (Wildman–Crippen MR) is 80.4 cm³/mol. The SMILES string of the molecule is CCN1CCOC(C(=O)N2CCCC2c2ccc(=O)[nH]n2)C1. The zero-order valence-corrected chi connectivity index (χ0v) is 12.8. The quantitative estimate of drug-likeness (QED) is 0.860. The van der Waals surface area contributed by atoms with Gasteiger partial charge in [-0.3, -0.25) is 14.5 Å². The minimum Gasteiger partial charge on any atom is -0.366 e. The molecular formula is C15H22N4O3. The summed E-state index contributed by atoms with van der Waals surface area (Å²) in [5.41, 5.74) is 0.516. The Morgan fingerprint density at radius 2 is 2.32 bits per heavy atom. The lowest BCUT2D eigenvalue weighted by atomic mass is 10.1. The van der Waals surface area contributed by atoms with Gasteiger partial charge in [-0.2, -0.15) is 5.10 Å². The third kappa shape index (κ3) is 3.05. The third-order valence-corrected chi connectivity index (χ3v) is 4.45. The van der Waals surface area contributed by atoms with E-state index in [2.05, 4.69) is 22.0 Å². The highest BCUT2D eigenvalue weighted by atomic mass is 16.5. The summed E-state index contributed by atoms with van der Waals surface area (Å²) in [7, 11) is 0. The lowest BCUT2D eigenvalue weighted by Gasteiger charge is -2.34. The molecule has 0 saturated carbocycles. The van der Waals surface area contributed by atoms with Gasteiger partial charge in [-0.15, -0.1) is 0 Å². The molecule has 0 aromatic carbocycles. The number of aromatic amines is 1. The van der Waals surface area contributed by atoms with Gasteiger partial charge < -0.3 is 9.64 Å². The van der Waals surface area contributed by atoms with E-state index < -0.39 is 6.10 Å². The van der Waals surface area contributed by atoms with Gasteiger partial charge in [0.15, 0.2) is 0 Å². The summed E-state index contributed by atoms with van der Waals surface area (Å²) in [6.45, 7) is 5.87. The van der Waals surface area contributed by atoms with Crippen molar-refractivity contribution in [3.63, 3.8) is 0 Å². The number of carbonyl (C=O) groups is 1. The number of likely N-dealkylation sites (N-methyl/N-ethyl adjacent to an activating group) is 1. The number of rotatable bonds is 3. The number of nitrogens with zero attached hydrogens (tertiary/aromatic N) is 3. The molecule has 0 radical (unpaired) electrons. The molecular weight excluding hydrogens is 284 g/mol. The van der Waals surface area contributed by atoms with Crippen LogP contribution in [0.1, 0.15) is 31.5 Å². The van der Waals surface area contributed by atoms with Crippen molar-refractivity contribution in [2.24, 2.45) is 0 Å². The van der Waals surface area contributed by atoms with E-state index in [-0.39, 0.29) is 17.5 Å². The first kappa shape index (κ1) is 15.2. The van der Waals surface area contributed by atoms with Crippen LogP contribution in [0.2, 0.25) is 0 Å². The number of carbonyl (C=O) groups excluding carboxylic acids is 1. The highest BCUT2D eigenvalue weighted by molar-refractivity contribution is 5.82. The van der Waals surface area contributed by atoms with Crippen molar-refractivity contribution in [2.75, 3.05) is 32.8 Å². The zero-order valence-electron chi connectivity index (χ0n) is 12.8. The van der Waals surface area contributed by atoms with Gasteiger partial charge in [0, 0.05) is 25.7 Å². The summed E-state index contributed by atoms with van der Waals surface area (Å²) in [6, 6.07) is 3.10. The molecule has 2 unspecified atom stereocenters. The number of H-pyrrole nitrogens is 1. The molecule has 1 aromatic rings. The second kappa shape index (κ2) is 6.58. The fraction of sp³-hybridized carbons (Fsp3) is 0.667. The van der Waals surface area contributed by atoms with Crippen molar-refractivity contribution in [3.05, 3.63) is 28.2 Å². The number of aromatic nitrogens is 2. The third-order valence-electron chi connectivity index (χ3n) is 4.45. The summed E-state index contributed by atoms with van der Waals surface area (Å²) in [4.78, 5) is 28.0. The van der Waals surface area contributed by atoms with Crippen LogP contribution in [0, 0.1) is 0 Å². The molecule has 0 spiro atoms. The van der Waals surface area contributed by atoms with Gasteiger partial charge in [0.2, 0.25) is 0 Å². The lowest BCUT2D eigenvalue weighted by Crippen LogP contribution is -2.50. The van der Waals surface area contributed by atoms with E-state index in [1.165, 1.54) is 6.07 Å². The molecule has 0 aliphatic carbocycles. The Labute approximate surface area is 129 Å². The molecule has 1 amide bonds. The van der Waals surface area contributed by atoms with Gasteiger partial charge in [-0.1, -0.05) is 6.92 Å². The molecule has 120 valence electrons. The van der Waals surface area contributed by atoms with Crippen LogP contribution >= 0.6 is 0 Å². The molecule has 0 bridgehead atoms. The van der Waals surface area contributed by atoms with Crippen molar-refractivity contribution in [2.45, 2.75) is 31.9 Å². The number of ether oxygens (including phenoxy) is 1. The maximum Gasteiger partial charge on any atom is 0.264 e. The van der Waals surface area contributed by atoms with Crippen molar-refractivity contribution >= 4 is 5.91 Å². The Hall–Kier alpha value is -1.73. The van der Waals surface area contributed by atoms with E-state index in [9.17, 15) is 9.59 Å². The Morgan fingerprint density at radius 3 is 3.05 bits per heavy atom. The second-order valence-corrected chi connectivity index (χ2v) is 5.79. The minimum atomic E-state index is -0.392. The Kier molecular flexibility index (Phi) is 4.54. The Balaban J connectivity index is 1.73. The van der Waals surface area contributed by atoms with Crippen LogP contribution in [0.5, 0.6) is 0 Å². The van der Waals surface area contributed by atoms with E-state index in [4.69, 9.17) is 4.74 Å². The van der Waals surface area contributed by atoms with E-state index in [1.807, 2.05) is 4.90 Å². The average molecular weight is 306 g/mol. The monoisotopic (exact) mass is 306 g/mol. The molecule has 3 rings (SSSR count). The summed E-state index contributed by atoms with van der Waals surface area (Å²) in [5, 5.41) is 6.54. The van der Waals surface area contributed by atoms with Gasteiger partial charge in [-0.05, 0) is 25.5 Å². The van der Waals surface area contributed by atoms with Crippen molar-refractivity contribution in [3.8, 4) is 0 Å². The molecule has 2 saturated heterocycles. The molecule has 3 heterocycles. The van der Waals surface area contributed by atoms with Crippen LogP contribution in [0.3, 0.4) is 0 Å². The Bertz CT molecular complexity index is 568. The summed E-state index contributed by atoms with van der Waals surface area (Å²) >= 11 is 0. The fourth-order valence-electron chi connectivity index (χ4n) is 3.20. The summed E-state index contributed by atoms with van der Waals surface area (Å²) < 4.78 is 5.68. The number of hydrogen-bond acceptors (Lipinski definition) is 5. The minimum absolute atomic E-state index is 0.0358. The molecule has 7 heteroatoms. The number of nitrogens with one attached hydrogen (secondary N) is 1. The number of hydrogen-bond donors (Lipinski definition) is 1. The first-order chi connectivity index (χ1) is 10.7. The first-order valence-electron chi connectivity index (χ1n) is 7.89. The largest absolute Gasteiger partial charge is 0.366 e. The second-order valence-electron chi connectivity index (χ2n) is 5.79. The van der Waals surface area contributed by atoms with E-state index >= 15 is 0 Å². The van der Waals surface area contributed by atoms with Crippen LogP contribution in [-0.4, -0.2) is 64.8 Å². The standard InChI is InChI=1S/C15H22N4O3/c1-2-18-8-9-22-13(10-18)15(21)19-7-3-4-12(19)11-5-6-14(20)17-16-11/h5-6,12-13H,2-4,7-10H2,1H3,(H,17,20). The van der Waals surface area contributed by atoms with E-state index in [0.29, 0.717) is 13.2 Å². The predicted octanol–water partition coefficient (Wildman–Crippen LogP) is 0.154. The van der Waals surface area contributed by atoms with Crippen molar-refractivity contribution in [1.82, 2.24) is 20.0 Å². The van der Waals surface area contributed by atoms with Crippen molar-refractivity contribution < 1.29 is 9.53 Å². The highest BCUT2D eigenvalue weighted by Crippen LogP contribution is 2.31. The zero-order chi connectivity index (χ0) is 15.5. The molecule has 1 aromatic heterocycles. The molecule has 2 aliphatic rings. The lowest BCUT2D eigenvalue weighted by molar-refractivity contribution is -0.150. The molecule has 2 atom stereocenters. The number of likely N-dealkylation sites (tertiary alicyclic amines) is 1. The van der Waals surface area contributed by atoms with Gasteiger partial charge in [0.05, 0.1) is 18.3 Å². The van der Waals surface area contributed by atoms with E-state index in [0.717, 1.165) is 38.2 Å². The molecule has 2 aliphatic heterocycles.